The molecular weight excluding hydrogens is 226 g/mol. The van der Waals surface area contributed by atoms with E-state index >= 15 is 0 Å². The molecule has 0 spiro atoms. The van der Waals surface area contributed by atoms with E-state index in [4.69, 9.17) is 10.8 Å². The van der Waals surface area contributed by atoms with Gasteiger partial charge in [-0.1, -0.05) is 11.2 Å². The predicted molar refractivity (Wildman–Crippen MR) is 59.6 cm³/mol. The zero-order valence-corrected chi connectivity index (χ0v) is 8.31. The van der Waals surface area contributed by atoms with Crippen LogP contribution in [0.3, 0.4) is 0 Å². The van der Waals surface area contributed by atoms with E-state index in [1.807, 2.05) is 0 Å². The van der Waals surface area contributed by atoms with Crippen LogP contribution in [-0.4, -0.2) is 11.1 Å². The van der Waals surface area contributed by atoms with Gasteiger partial charge in [-0.15, -0.1) is 0 Å². The van der Waals surface area contributed by atoms with Crippen LogP contribution in [0.1, 0.15) is 0 Å². The topological polar surface area (TPSA) is 140 Å². The molecule has 84 valence electrons. The third-order valence-corrected chi connectivity index (χ3v) is 1.65. The molecule has 0 unspecified atom stereocenters. The highest BCUT2D eigenvalue weighted by molar-refractivity contribution is 5.76. The van der Waals surface area contributed by atoms with Crippen LogP contribution >= 0.6 is 0 Å². The highest BCUT2D eigenvalue weighted by atomic mass is 16.6. The zero-order chi connectivity index (χ0) is 12.7. The summed E-state index contributed by atoms with van der Waals surface area (Å²) in [7, 11) is 0. The van der Waals surface area contributed by atoms with E-state index in [2.05, 4.69) is 20.6 Å². The molecule has 0 aliphatic heterocycles. The van der Waals surface area contributed by atoms with Gasteiger partial charge in [0.1, 0.15) is 18.0 Å². The molecule has 0 aromatic heterocycles. The number of rotatable bonds is 4. The van der Waals surface area contributed by atoms with Crippen LogP contribution in [-0.2, 0) is 0 Å². The lowest BCUT2D eigenvalue weighted by atomic mass is 10.2. The minimum absolute atomic E-state index is 0.0957. The third kappa shape index (κ3) is 3.19. The molecule has 9 nitrogen and oxygen atoms in total. The summed E-state index contributed by atoms with van der Waals surface area (Å²) < 4.78 is 0. The van der Waals surface area contributed by atoms with Crippen molar-refractivity contribution in [2.75, 3.05) is 5.43 Å². The lowest BCUT2D eigenvalue weighted by Crippen LogP contribution is -1.95. The van der Waals surface area contributed by atoms with Gasteiger partial charge in [0.05, 0.1) is 4.92 Å². The maximum Gasteiger partial charge on any atom is 0.294 e. The van der Waals surface area contributed by atoms with Gasteiger partial charge in [0, 0.05) is 16.7 Å². The van der Waals surface area contributed by atoms with E-state index < -0.39 is 4.92 Å². The first-order chi connectivity index (χ1) is 8.19. The van der Waals surface area contributed by atoms with Crippen LogP contribution in [0.2, 0.25) is 0 Å². The highest BCUT2D eigenvalue weighted by Crippen LogP contribution is 2.29. The summed E-state index contributed by atoms with van der Waals surface area (Å²) in [5, 5.41) is 25.6. The monoisotopic (exact) mass is 231 g/mol. The van der Waals surface area contributed by atoms with Gasteiger partial charge in [0.25, 0.3) is 5.69 Å². The molecule has 0 aliphatic rings. The Morgan fingerprint density at radius 3 is 3.00 bits per heavy atom. The van der Waals surface area contributed by atoms with E-state index in [0.29, 0.717) is 0 Å². The molecule has 0 bridgehead atoms. The molecule has 1 N–H and O–H groups in total. The van der Waals surface area contributed by atoms with Gasteiger partial charge in [-0.2, -0.15) is 10.4 Å². The average molecular weight is 231 g/mol. The Morgan fingerprint density at radius 1 is 1.65 bits per heavy atom. The van der Waals surface area contributed by atoms with E-state index in [1.165, 1.54) is 12.1 Å². The molecule has 0 saturated carbocycles. The van der Waals surface area contributed by atoms with Crippen LogP contribution in [0.5, 0.6) is 0 Å². The summed E-state index contributed by atoms with van der Waals surface area (Å²) in [6.07, 6.45) is 0.894. The molecule has 0 heterocycles. The van der Waals surface area contributed by atoms with Gasteiger partial charge >= 0.3 is 0 Å². The van der Waals surface area contributed by atoms with Crippen molar-refractivity contribution in [2.24, 2.45) is 10.2 Å². The fraction of sp³-hybridized carbons (Fsp3) is 0. The smallest absolute Gasteiger partial charge is 0.271 e. The molecule has 0 aliphatic carbocycles. The number of nitro benzene ring substituents is 1. The number of nitriles is 1. The SMILES string of the molecule is N#C/C=N/Nc1ccc(N=[N+]=[N-])cc1[N+](=O)[O-]. The normalized spacial score (nSPS) is 9.35. The zero-order valence-electron chi connectivity index (χ0n) is 8.31. The molecule has 0 radical (unpaired) electrons. The number of hydrazone groups is 1. The van der Waals surface area contributed by atoms with Crippen LogP contribution in [0.15, 0.2) is 28.4 Å². The fourth-order valence-corrected chi connectivity index (χ4v) is 1.01. The van der Waals surface area contributed by atoms with Crippen LogP contribution < -0.4 is 5.43 Å². The maximum absolute atomic E-state index is 10.7. The lowest BCUT2D eigenvalue weighted by molar-refractivity contribution is -0.383. The average Bonchev–Trinajstić information content (AvgIpc) is 2.31. The number of anilines is 1. The van der Waals surface area contributed by atoms with Crippen LogP contribution in [0.25, 0.3) is 10.4 Å². The summed E-state index contributed by atoms with van der Waals surface area (Å²) in [6, 6.07) is 5.44. The number of nitrogens with zero attached hydrogens (tertiary/aromatic N) is 6. The molecule has 1 rings (SSSR count). The first-order valence-electron chi connectivity index (χ1n) is 4.19. The number of nitro groups is 1. The number of hydrogen-bond acceptors (Lipinski definition) is 6. The van der Waals surface area contributed by atoms with Gasteiger partial charge in [0.15, 0.2) is 0 Å². The third-order valence-electron chi connectivity index (χ3n) is 1.65. The Bertz CT molecular complexity index is 553. The summed E-state index contributed by atoms with van der Waals surface area (Å²) in [4.78, 5) is 12.6. The number of hydrogen-bond donors (Lipinski definition) is 1. The minimum atomic E-state index is -0.652. The molecule has 9 heteroatoms. The largest absolute Gasteiger partial charge is 0.294 e. The van der Waals surface area contributed by atoms with E-state index in [-0.39, 0.29) is 17.1 Å². The summed E-state index contributed by atoms with van der Waals surface area (Å²) >= 11 is 0. The van der Waals surface area contributed by atoms with Crippen molar-refractivity contribution in [1.29, 1.82) is 5.26 Å². The number of nitrogens with one attached hydrogen (secondary N) is 1. The standard InChI is InChI=1S/C8H5N7O2/c9-3-4-11-13-7-2-1-6(12-14-10)5-8(7)15(16)17/h1-2,4-5,13H/b11-4+. The van der Waals surface area contributed by atoms with Crippen molar-refractivity contribution in [1.82, 2.24) is 0 Å². The quantitative estimate of drug-likeness (QED) is 0.212. The summed E-state index contributed by atoms with van der Waals surface area (Å²) in [6.45, 7) is 0. The van der Waals surface area contributed by atoms with Crippen molar-refractivity contribution in [2.45, 2.75) is 0 Å². The predicted octanol–water partition coefficient (Wildman–Crippen LogP) is 2.46. The van der Waals surface area contributed by atoms with E-state index in [1.54, 1.807) is 6.07 Å². The van der Waals surface area contributed by atoms with Crippen molar-refractivity contribution >= 4 is 23.3 Å². The fourth-order valence-electron chi connectivity index (χ4n) is 1.01. The highest BCUT2D eigenvalue weighted by Gasteiger charge is 2.13. The van der Waals surface area contributed by atoms with Crippen molar-refractivity contribution in [3.63, 3.8) is 0 Å². The maximum atomic E-state index is 10.7. The molecule has 0 fully saturated rings. The van der Waals surface area contributed by atoms with Gasteiger partial charge < -0.3 is 0 Å². The molecule has 0 atom stereocenters. The second kappa shape index (κ2) is 5.69. The Morgan fingerprint density at radius 2 is 2.41 bits per heavy atom. The van der Waals surface area contributed by atoms with Crippen LogP contribution in [0.4, 0.5) is 17.1 Å². The first kappa shape index (κ1) is 12.0. The summed E-state index contributed by atoms with van der Waals surface area (Å²) in [5.41, 5.74) is 10.5. The van der Waals surface area contributed by atoms with Crippen molar-refractivity contribution in [3.05, 3.63) is 38.8 Å². The lowest BCUT2D eigenvalue weighted by Gasteiger charge is -2.01. The number of benzene rings is 1. The Hall–Kier alpha value is -3.11. The molecule has 0 amide bonds. The van der Waals surface area contributed by atoms with E-state index in [0.717, 1.165) is 12.3 Å². The van der Waals surface area contributed by atoms with Gasteiger partial charge in [-0.3, -0.25) is 15.5 Å². The molecule has 1 aromatic rings. The van der Waals surface area contributed by atoms with E-state index in [9.17, 15) is 10.1 Å². The second-order valence-corrected chi connectivity index (χ2v) is 2.65. The van der Waals surface area contributed by atoms with Crippen LogP contribution in [0, 0.1) is 21.4 Å². The molecule has 0 saturated heterocycles. The summed E-state index contributed by atoms with van der Waals surface area (Å²) in [5.74, 6) is 0. The Kier molecular flexibility index (Phi) is 4.01. The van der Waals surface area contributed by atoms with Crippen molar-refractivity contribution < 1.29 is 4.92 Å². The first-order valence-corrected chi connectivity index (χ1v) is 4.19. The second-order valence-electron chi connectivity index (χ2n) is 2.65. The van der Waals surface area contributed by atoms with Gasteiger partial charge in [0.2, 0.25) is 0 Å². The van der Waals surface area contributed by atoms with Crippen molar-refractivity contribution in [3.8, 4) is 6.07 Å². The Balaban J connectivity index is 3.13. The Labute approximate surface area is 94.8 Å². The number of azide groups is 1. The minimum Gasteiger partial charge on any atom is -0.271 e. The molecular formula is C8H5N7O2. The molecule has 17 heavy (non-hydrogen) atoms. The molecule has 1 aromatic carbocycles. The van der Waals surface area contributed by atoms with Gasteiger partial charge in [-0.25, -0.2) is 0 Å². The van der Waals surface area contributed by atoms with Gasteiger partial charge in [-0.05, 0) is 11.6 Å².